The van der Waals surface area contributed by atoms with E-state index >= 15 is 0 Å². The van der Waals surface area contributed by atoms with Crippen molar-refractivity contribution < 1.29 is 17.9 Å². The molecular formula is C19H29N3O4S. The average molecular weight is 396 g/mol. The molecule has 1 N–H and O–H groups in total. The zero-order valence-corrected chi connectivity index (χ0v) is 17.0. The fourth-order valence-corrected chi connectivity index (χ4v) is 4.75. The molecule has 150 valence electrons. The number of ether oxygens (including phenoxy) is 1. The van der Waals surface area contributed by atoms with Crippen molar-refractivity contribution >= 4 is 21.8 Å². The summed E-state index contributed by atoms with van der Waals surface area (Å²) in [5.41, 5.74) is 0.807. The van der Waals surface area contributed by atoms with Crippen LogP contribution in [-0.4, -0.2) is 64.8 Å². The van der Waals surface area contributed by atoms with E-state index in [1.54, 1.807) is 7.05 Å². The number of aliphatic imine (C=N–C) groups is 1. The van der Waals surface area contributed by atoms with Crippen molar-refractivity contribution in [3.8, 4) is 0 Å². The van der Waals surface area contributed by atoms with Crippen LogP contribution in [0.1, 0.15) is 18.9 Å². The van der Waals surface area contributed by atoms with E-state index in [0.717, 1.165) is 5.56 Å². The summed E-state index contributed by atoms with van der Waals surface area (Å²) >= 11 is 0. The van der Waals surface area contributed by atoms with Crippen molar-refractivity contribution in [1.82, 2.24) is 10.2 Å². The SMILES string of the molecule is CN=C(NCCCS(=O)(=O)Cc1ccccc1)N1CC(C)C(C(=O)OC)C1. The number of rotatable bonds is 7. The van der Waals surface area contributed by atoms with Crippen LogP contribution in [0.3, 0.4) is 0 Å². The lowest BCUT2D eigenvalue weighted by Gasteiger charge is -2.21. The number of methoxy groups -OCH3 is 1. The fourth-order valence-electron chi connectivity index (χ4n) is 3.32. The van der Waals surface area contributed by atoms with Crippen LogP contribution in [0.25, 0.3) is 0 Å². The van der Waals surface area contributed by atoms with E-state index in [0.29, 0.717) is 32.0 Å². The number of esters is 1. The molecule has 0 aliphatic carbocycles. The molecule has 0 radical (unpaired) electrons. The lowest BCUT2D eigenvalue weighted by molar-refractivity contribution is -0.145. The Kier molecular flexibility index (Phi) is 7.65. The zero-order chi connectivity index (χ0) is 19.9. The first kappa shape index (κ1) is 21.2. The van der Waals surface area contributed by atoms with Crippen LogP contribution in [-0.2, 0) is 25.1 Å². The largest absolute Gasteiger partial charge is 0.469 e. The van der Waals surface area contributed by atoms with E-state index in [-0.39, 0.29) is 29.3 Å². The molecule has 0 amide bonds. The lowest BCUT2D eigenvalue weighted by atomic mass is 9.99. The summed E-state index contributed by atoms with van der Waals surface area (Å²) in [5, 5.41) is 3.21. The number of hydrogen-bond acceptors (Lipinski definition) is 5. The third kappa shape index (κ3) is 6.23. The summed E-state index contributed by atoms with van der Waals surface area (Å²) in [5.74, 6) is 0.684. The molecule has 0 spiro atoms. The molecule has 27 heavy (non-hydrogen) atoms. The molecule has 1 heterocycles. The first-order valence-corrected chi connectivity index (χ1v) is 11.0. The van der Waals surface area contributed by atoms with E-state index in [2.05, 4.69) is 10.3 Å². The minimum Gasteiger partial charge on any atom is -0.469 e. The molecule has 1 aliphatic heterocycles. The van der Waals surface area contributed by atoms with Gasteiger partial charge in [0.05, 0.1) is 24.5 Å². The van der Waals surface area contributed by atoms with Crippen LogP contribution >= 0.6 is 0 Å². The van der Waals surface area contributed by atoms with E-state index in [1.807, 2.05) is 42.2 Å². The van der Waals surface area contributed by atoms with E-state index in [4.69, 9.17) is 4.74 Å². The van der Waals surface area contributed by atoms with Gasteiger partial charge >= 0.3 is 5.97 Å². The highest BCUT2D eigenvalue weighted by Gasteiger charge is 2.36. The molecule has 0 aromatic heterocycles. The van der Waals surface area contributed by atoms with Gasteiger partial charge in [0.1, 0.15) is 0 Å². The molecule has 2 atom stereocenters. The highest BCUT2D eigenvalue weighted by molar-refractivity contribution is 7.90. The van der Waals surface area contributed by atoms with Crippen molar-refractivity contribution in [2.45, 2.75) is 19.1 Å². The normalized spacial score (nSPS) is 20.6. The van der Waals surface area contributed by atoms with Crippen molar-refractivity contribution in [2.75, 3.05) is 39.5 Å². The number of likely N-dealkylation sites (tertiary alicyclic amines) is 1. The molecule has 1 aliphatic rings. The molecule has 1 aromatic carbocycles. The van der Waals surface area contributed by atoms with Gasteiger partial charge in [-0.2, -0.15) is 0 Å². The van der Waals surface area contributed by atoms with Crippen LogP contribution in [0.2, 0.25) is 0 Å². The van der Waals surface area contributed by atoms with E-state index in [9.17, 15) is 13.2 Å². The van der Waals surface area contributed by atoms with Crippen LogP contribution in [0.4, 0.5) is 0 Å². The molecule has 1 aromatic rings. The minimum atomic E-state index is -3.15. The molecule has 2 rings (SSSR count). The number of benzene rings is 1. The summed E-state index contributed by atoms with van der Waals surface area (Å²) in [6.45, 7) is 3.80. The Balaban J connectivity index is 1.79. The molecule has 1 saturated heterocycles. The molecule has 8 heteroatoms. The second kappa shape index (κ2) is 9.73. The summed E-state index contributed by atoms with van der Waals surface area (Å²) < 4.78 is 29.3. The number of nitrogens with zero attached hydrogens (tertiary/aromatic N) is 2. The second-order valence-electron chi connectivity index (χ2n) is 6.92. The van der Waals surface area contributed by atoms with Gasteiger partial charge in [-0.15, -0.1) is 0 Å². The Hall–Kier alpha value is -2.09. The first-order valence-electron chi connectivity index (χ1n) is 9.14. The van der Waals surface area contributed by atoms with Crippen molar-refractivity contribution in [3.63, 3.8) is 0 Å². The molecule has 2 unspecified atom stereocenters. The topological polar surface area (TPSA) is 88.1 Å². The Bertz CT molecular complexity index is 749. The van der Waals surface area contributed by atoms with Crippen molar-refractivity contribution in [1.29, 1.82) is 0 Å². The second-order valence-corrected chi connectivity index (χ2v) is 9.10. The maximum absolute atomic E-state index is 12.2. The van der Waals surface area contributed by atoms with Crippen molar-refractivity contribution in [3.05, 3.63) is 35.9 Å². The summed E-state index contributed by atoms with van der Waals surface area (Å²) in [7, 11) is -0.0566. The van der Waals surface area contributed by atoms with Gasteiger partial charge < -0.3 is 15.0 Å². The van der Waals surface area contributed by atoms with Gasteiger partial charge in [0.2, 0.25) is 0 Å². The van der Waals surface area contributed by atoms with Crippen LogP contribution in [0, 0.1) is 11.8 Å². The summed E-state index contributed by atoms with van der Waals surface area (Å²) in [6, 6.07) is 9.20. The van der Waals surface area contributed by atoms with Crippen LogP contribution < -0.4 is 5.32 Å². The van der Waals surface area contributed by atoms with E-state index in [1.165, 1.54) is 7.11 Å². The number of hydrogen-bond donors (Lipinski definition) is 1. The Morgan fingerprint density at radius 1 is 1.30 bits per heavy atom. The first-order chi connectivity index (χ1) is 12.9. The highest BCUT2D eigenvalue weighted by atomic mass is 32.2. The number of sulfone groups is 1. The quantitative estimate of drug-likeness (QED) is 0.324. The highest BCUT2D eigenvalue weighted by Crippen LogP contribution is 2.24. The van der Waals surface area contributed by atoms with E-state index < -0.39 is 9.84 Å². The maximum atomic E-state index is 12.2. The molecule has 0 bridgehead atoms. The predicted molar refractivity (Wildman–Crippen MR) is 106 cm³/mol. The minimum absolute atomic E-state index is 0.0625. The number of carbonyl (C=O) groups is 1. The smallest absolute Gasteiger partial charge is 0.310 e. The molecule has 7 nitrogen and oxygen atoms in total. The van der Waals surface area contributed by atoms with Crippen LogP contribution in [0.15, 0.2) is 35.3 Å². The Morgan fingerprint density at radius 2 is 2.00 bits per heavy atom. The number of guanidine groups is 1. The third-order valence-corrected chi connectivity index (χ3v) is 6.46. The third-order valence-electron chi connectivity index (χ3n) is 4.77. The van der Waals surface area contributed by atoms with Gasteiger partial charge in [-0.3, -0.25) is 9.79 Å². The predicted octanol–water partition coefficient (Wildman–Crippen LogP) is 1.31. The monoisotopic (exact) mass is 395 g/mol. The maximum Gasteiger partial charge on any atom is 0.310 e. The average Bonchev–Trinajstić information content (AvgIpc) is 3.03. The molecule has 1 fully saturated rings. The summed E-state index contributed by atoms with van der Waals surface area (Å²) in [4.78, 5) is 18.1. The Labute approximate surface area is 161 Å². The molecule has 0 saturated carbocycles. The van der Waals surface area contributed by atoms with Crippen molar-refractivity contribution in [2.24, 2.45) is 16.8 Å². The number of carbonyl (C=O) groups excluding carboxylic acids is 1. The molecular weight excluding hydrogens is 366 g/mol. The van der Waals surface area contributed by atoms with Gasteiger partial charge in [-0.25, -0.2) is 8.42 Å². The number of nitrogens with one attached hydrogen (secondary N) is 1. The summed E-state index contributed by atoms with van der Waals surface area (Å²) in [6.07, 6.45) is 0.498. The van der Waals surface area contributed by atoms with Gasteiger partial charge in [-0.05, 0) is 17.9 Å². The van der Waals surface area contributed by atoms with Gasteiger partial charge in [0.25, 0.3) is 0 Å². The van der Waals surface area contributed by atoms with Gasteiger partial charge in [-0.1, -0.05) is 37.3 Å². The van der Waals surface area contributed by atoms with Crippen LogP contribution in [0.5, 0.6) is 0 Å². The van der Waals surface area contributed by atoms with Gasteiger partial charge in [0.15, 0.2) is 15.8 Å². The standard InChI is InChI=1S/C19H29N3O4S/c1-15-12-22(13-17(15)18(23)26-3)19(20-2)21-10-7-11-27(24,25)14-16-8-5-4-6-9-16/h4-6,8-9,15,17H,7,10-14H2,1-3H3,(H,20,21). The Morgan fingerprint density at radius 3 is 2.63 bits per heavy atom. The lowest BCUT2D eigenvalue weighted by Crippen LogP contribution is -2.41. The zero-order valence-electron chi connectivity index (χ0n) is 16.2. The fraction of sp³-hybridized carbons (Fsp3) is 0.579. The van der Waals surface area contributed by atoms with Gasteiger partial charge in [0, 0.05) is 26.7 Å².